The summed E-state index contributed by atoms with van der Waals surface area (Å²) in [5.74, 6) is 0. The minimum atomic E-state index is -0.706. The molecule has 33 heavy (non-hydrogen) atoms. The first-order chi connectivity index (χ1) is 16.0. The van der Waals surface area contributed by atoms with Gasteiger partial charge in [-0.2, -0.15) is 10.2 Å². The number of benzene rings is 1. The molecule has 2 aliphatic heterocycles. The van der Waals surface area contributed by atoms with Crippen molar-refractivity contribution in [1.82, 2.24) is 34.8 Å². The molecule has 1 fully saturated rings. The fourth-order valence-corrected chi connectivity index (χ4v) is 5.42. The van der Waals surface area contributed by atoms with Crippen LogP contribution >= 0.6 is 0 Å². The van der Waals surface area contributed by atoms with E-state index < -0.39 is 6.35 Å². The smallest absolute Gasteiger partial charge is 0.163 e. The molecule has 2 aliphatic rings. The first-order valence-corrected chi connectivity index (χ1v) is 11.6. The van der Waals surface area contributed by atoms with E-state index in [0.29, 0.717) is 0 Å². The van der Waals surface area contributed by atoms with Gasteiger partial charge in [-0.3, -0.25) is 24.6 Å². The summed E-state index contributed by atoms with van der Waals surface area (Å²) in [6.45, 7) is 4.61. The Balaban J connectivity index is 1.20. The molecule has 5 heterocycles. The van der Waals surface area contributed by atoms with Gasteiger partial charge >= 0.3 is 0 Å². The van der Waals surface area contributed by atoms with E-state index in [0.717, 1.165) is 60.3 Å². The van der Waals surface area contributed by atoms with Crippen molar-refractivity contribution in [2.24, 2.45) is 7.05 Å². The Hall–Kier alpha value is -3.07. The van der Waals surface area contributed by atoms with Crippen LogP contribution in [0.25, 0.3) is 22.2 Å². The van der Waals surface area contributed by atoms with Gasteiger partial charge < -0.3 is 5.11 Å². The molecule has 2 N–H and O–H groups in total. The molecule has 0 bridgehead atoms. The molecule has 1 spiro atoms. The Morgan fingerprint density at radius 1 is 1.09 bits per heavy atom. The molecular weight excluding hydrogens is 414 g/mol. The lowest BCUT2D eigenvalue weighted by Gasteiger charge is -2.28. The Kier molecular flexibility index (Phi) is 4.83. The van der Waals surface area contributed by atoms with Gasteiger partial charge in [-0.15, -0.1) is 0 Å². The molecule has 4 aromatic rings. The lowest BCUT2D eigenvalue weighted by atomic mass is 9.82. The lowest BCUT2D eigenvalue weighted by Crippen LogP contribution is -2.46. The fourth-order valence-electron chi connectivity index (χ4n) is 5.42. The number of aliphatic hydroxyl groups is 1. The highest BCUT2D eigenvalue weighted by Crippen LogP contribution is 2.44. The second-order valence-electron chi connectivity index (χ2n) is 9.48. The number of aliphatic hydroxyl groups excluding tert-OH is 1. The van der Waals surface area contributed by atoms with Gasteiger partial charge in [0.25, 0.3) is 0 Å². The third-order valence-corrected chi connectivity index (χ3v) is 7.32. The van der Waals surface area contributed by atoms with E-state index in [1.807, 2.05) is 50.6 Å². The molecule has 1 saturated heterocycles. The maximum absolute atomic E-state index is 10.9. The number of para-hydroxylation sites is 1. The van der Waals surface area contributed by atoms with Gasteiger partial charge in [0.15, 0.2) is 6.35 Å². The monoisotopic (exact) mass is 443 g/mol. The Morgan fingerprint density at radius 3 is 2.79 bits per heavy atom. The SMILES string of the molecule is CC(NC(O)N1CCC2(CCn3nc(-c4cnc5ccccc5c4)cc32)C1)c1ccn(C)n1. The topological polar surface area (TPSA) is 84.0 Å². The van der Waals surface area contributed by atoms with Gasteiger partial charge in [0.05, 0.1) is 22.9 Å². The van der Waals surface area contributed by atoms with Crippen LogP contribution in [0.2, 0.25) is 0 Å². The van der Waals surface area contributed by atoms with Crippen molar-refractivity contribution in [3.05, 3.63) is 66.2 Å². The molecule has 8 heteroatoms. The van der Waals surface area contributed by atoms with Crippen LogP contribution in [0, 0.1) is 0 Å². The molecule has 0 amide bonds. The van der Waals surface area contributed by atoms with E-state index in [1.165, 1.54) is 5.69 Å². The molecule has 3 atom stereocenters. The van der Waals surface area contributed by atoms with Crippen molar-refractivity contribution >= 4 is 10.9 Å². The summed E-state index contributed by atoms with van der Waals surface area (Å²) in [4.78, 5) is 6.75. The second kappa shape index (κ2) is 7.76. The molecule has 0 aliphatic carbocycles. The fraction of sp³-hybridized carbons (Fsp3) is 0.400. The number of likely N-dealkylation sites (tertiary alicyclic amines) is 1. The van der Waals surface area contributed by atoms with Crippen LogP contribution in [0.3, 0.4) is 0 Å². The maximum Gasteiger partial charge on any atom is 0.163 e. The Labute approximate surface area is 192 Å². The summed E-state index contributed by atoms with van der Waals surface area (Å²) in [7, 11) is 1.91. The van der Waals surface area contributed by atoms with E-state index in [-0.39, 0.29) is 11.5 Å². The van der Waals surface area contributed by atoms with Gasteiger partial charge in [-0.05, 0) is 44.0 Å². The zero-order chi connectivity index (χ0) is 22.6. The second-order valence-corrected chi connectivity index (χ2v) is 9.48. The van der Waals surface area contributed by atoms with Crippen LogP contribution in [0.1, 0.15) is 37.2 Å². The zero-order valence-electron chi connectivity index (χ0n) is 19.0. The third kappa shape index (κ3) is 3.55. The average Bonchev–Trinajstić information content (AvgIpc) is 3.60. The van der Waals surface area contributed by atoms with Gasteiger partial charge in [0, 0.05) is 61.1 Å². The van der Waals surface area contributed by atoms with Gasteiger partial charge in [-0.1, -0.05) is 18.2 Å². The summed E-state index contributed by atoms with van der Waals surface area (Å²) < 4.78 is 3.94. The van der Waals surface area contributed by atoms with Crippen LogP contribution < -0.4 is 5.32 Å². The number of aromatic nitrogens is 5. The predicted molar refractivity (Wildman–Crippen MR) is 126 cm³/mol. The molecule has 0 saturated carbocycles. The number of nitrogens with one attached hydrogen (secondary N) is 1. The van der Waals surface area contributed by atoms with Gasteiger partial charge in [-0.25, -0.2) is 0 Å². The van der Waals surface area contributed by atoms with Crippen LogP contribution in [0.15, 0.2) is 54.9 Å². The number of nitrogens with zero attached hydrogens (tertiary/aromatic N) is 6. The minimum absolute atomic E-state index is 0.0288. The van der Waals surface area contributed by atoms with E-state index >= 15 is 0 Å². The number of fused-ring (bicyclic) bond motifs is 3. The van der Waals surface area contributed by atoms with E-state index in [9.17, 15) is 5.11 Å². The summed E-state index contributed by atoms with van der Waals surface area (Å²) in [5.41, 5.74) is 5.26. The quantitative estimate of drug-likeness (QED) is 0.462. The van der Waals surface area contributed by atoms with E-state index in [4.69, 9.17) is 5.10 Å². The highest BCUT2D eigenvalue weighted by atomic mass is 16.3. The van der Waals surface area contributed by atoms with Crippen molar-refractivity contribution in [1.29, 1.82) is 0 Å². The highest BCUT2D eigenvalue weighted by Gasteiger charge is 2.47. The first kappa shape index (κ1) is 20.5. The zero-order valence-corrected chi connectivity index (χ0v) is 19.0. The molecule has 170 valence electrons. The third-order valence-electron chi connectivity index (χ3n) is 7.32. The number of pyridine rings is 1. The number of hydrogen-bond acceptors (Lipinski definition) is 6. The normalized spacial score (nSPS) is 22.3. The molecule has 1 aromatic carbocycles. The highest BCUT2D eigenvalue weighted by molar-refractivity contribution is 5.82. The molecule has 6 rings (SSSR count). The molecular formula is C25H29N7O. The van der Waals surface area contributed by atoms with Crippen LogP contribution in [-0.2, 0) is 19.0 Å². The minimum Gasteiger partial charge on any atom is -0.365 e. The average molecular weight is 444 g/mol. The summed E-state index contributed by atoms with van der Waals surface area (Å²) in [5, 5.41) is 24.7. The molecule has 8 nitrogen and oxygen atoms in total. The first-order valence-electron chi connectivity index (χ1n) is 11.6. The van der Waals surface area contributed by atoms with Gasteiger partial charge in [0.2, 0.25) is 0 Å². The van der Waals surface area contributed by atoms with E-state index in [1.54, 1.807) is 4.68 Å². The van der Waals surface area contributed by atoms with Crippen LogP contribution in [0.4, 0.5) is 0 Å². The van der Waals surface area contributed by atoms with Gasteiger partial charge in [0.1, 0.15) is 0 Å². The van der Waals surface area contributed by atoms with Crippen LogP contribution in [-0.4, -0.2) is 54.0 Å². The predicted octanol–water partition coefficient (Wildman–Crippen LogP) is 2.81. The molecule has 3 aromatic heterocycles. The van der Waals surface area contributed by atoms with Crippen molar-refractivity contribution in [3.8, 4) is 11.3 Å². The van der Waals surface area contributed by atoms with Crippen molar-refractivity contribution in [2.75, 3.05) is 13.1 Å². The summed E-state index contributed by atoms with van der Waals surface area (Å²) >= 11 is 0. The number of hydrogen-bond donors (Lipinski definition) is 2. The Bertz CT molecular complexity index is 1310. The van der Waals surface area contributed by atoms with Crippen LogP contribution in [0.5, 0.6) is 0 Å². The number of rotatable bonds is 5. The van der Waals surface area contributed by atoms with E-state index in [2.05, 4.69) is 43.2 Å². The molecule has 3 unspecified atom stereocenters. The summed E-state index contributed by atoms with van der Waals surface area (Å²) in [6, 6.07) is 14.5. The van der Waals surface area contributed by atoms with Crippen molar-refractivity contribution in [3.63, 3.8) is 0 Å². The molecule has 0 radical (unpaired) electrons. The maximum atomic E-state index is 10.9. The Morgan fingerprint density at radius 2 is 1.94 bits per heavy atom. The summed E-state index contributed by atoms with van der Waals surface area (Å²) in [6.07, 6.45) is 5.21. The van der Waals surface area contributed by atoms with Crippen molar-refractivity contribution < 1.29 is 5.11 Å². The number of aryl methyl sites for hydroxylation is 2. The largest absolute Gasteiger partial charge is 0.365 e. The lowest BCUT2D eigenvalue weighted by molar-refractivity contribution is -0.0186. The standard InChI is InChI=1S/C25H29N7O/c1-17(20-7-10-30(2)28-20)27-24(33)31-11-8-25(16-31)9-12-32-23(25)14-22(29-32)19-13-18-5-3-4-6-21(18)26-15-19/h3-7,10,13-15,17,24,27,33H,8-9,11-12,16H2,1-2H3. The van der Waals surface area contributed by atoms with Crippen molar-refractivity contribution in [2.45, 2.75) is 44.1 Å².